The molecule has 5 rings (SSSR count). The molecule has 3 heterocycles. The summed E-state index contributed by atoms with van der Waals surface area (Å²) in [6.45, 7) is 4.53. The molecule has 2 bridgehead atoms. The van der Waals surface area contributed by atoms with Crippen LogP contribution in [0.25, 0.3) is 10.8 Å². The van der Waals surface area contributed by atoms with Crippen molar-refractivity contribution < 1.29 is 29.3 Å². The van der Waals surface area contributed by atoms with Crippen molar-refractivity contribution in [1.29, 1.82) is 0 Å². The fourth-order valence-electron chi connectivity index (χ4n) is 6.62. The van der Waals surface area contributed by atoms with Crippen LogP contribution in [0.2, 0.25) is 0 Å². The molecule has 202 valence electrons. The topological polar surface area (TPSA) is 107 Å². The molecule has 2 N–H and O–H groups in total. The van der Waals surface area contributed by atoms with E-state index in [-0.39, 0.29) is 29.8 Å². The maximum absolute atomic E-state index is 14.5. The number of anilines is 1. The van der Waals surface area contributed by atoms with Gasteiger partial charge in [0, 0.05) is 30.2 Å². The first-order valence-corrected chi connectivity index (χ1v) is 14.1. The lowest BCUT2D eigenvalue weighted by atomic mass is 9.70. The molecule has 2 aromatic carbocycles. The van der Waals surface area contributed by atoms with Gasteiger partial charge in [-0.1, -0.05) is 65.2 Å². The lowest BCUT2D eigenvalue weighted by molar-refractivity contribution is -0.149. The quantitative estimate of drug-likeness (QED) is 0.237. The van der Waals surface area contributed by atoms with Gasteiger partial charge in [0.1, 0.15) is 11.6 Å². The Kier molecular flexibility index (Phi) is 7.62. The van der Waals surface area contributed by atoms with Crippen molar-refractivity contribution in [3.8, 4) is 0 Å². The Morgan fingerprint density at radius 1 is 1.16 bits per heavy atom. The number of aliphatic hydroxyl groups excluding tert-OH is 1. The highest BCUT2D eigenvalue weighted by Gasteiger charge is 2.76. The molecule has 0 saturated carbocycles. The van der Waals surface area contributed by atoms with Crippen molar-refractivity contribution in [3.05, 3.63) is 55.1 Å². The van der Waals surface area contributed by atoms with Crippen molar-refractivity contribution >= 4 is 50.2 Å². The van der Waals surface area contributed by atoms with E-state index < -0.39 is 35.6 Å². The maximum Gasteiger partial charge on any atom is 0.310 e. The number of benzene rings is 2. The van der Waals surface area contributed by atoms with Gasteiger partial charge in [-0.05, 0) is 42.2 Å². The number of nitrogens with zero attached hydrogens (tertiary/aromatic N) is 2. The third-order valence-electron chi connectivity index (χ3n) is 8.24. The molecule has 0 aromatic heterocycles. The predicted molar refractivity (Wildman–Crippen MR) is 147 cm³/mol. The average Bonchev–Trinajstić information content (AvgIpc) is 3.50. The number of hydrogen-bond donors (Lipinski definition) is 2. The first kappa shape index (κ1) is 26.8. The van der Waals surface area contributed by atoms with Gasteiger partial charge in [0.15, 0.2) is 0 Å². The van der Waals surface area contributed by atoms with E-state index >= 15 is 0 Å². The molecular formula is C29H33BrN2O6. The summed E-state index contributed by atoms with van der Waals surface area (Å²) in [6.07, 6.45) is 4.29. The van der Waals surface area contributed by atoms with Crippen LogP contribution in [-0.2, 0) is 19.1 Å². The standard InChI is InChI=1S/C29H33BrN2O6/c1-2-13-31(20-12-11-18-9-5-6-10-19(18)16-20)27(35)25-29-17-21(30)24(38-29)22(28(36)37)23(29)26(34)32(25)14-7-3-4-8-15-33/h2,5-6,9-12,16,21-25,33H,1,3-4,7-8,13-15,17H2,(H,36,37)/t21?,22-,23+,24-,25-,29+/m0/s1. The van der Waals surface area contributed by atoms with Crippen LogP contribution in [0.15, 0.2) is 55.1 Å². The van der Waals surface area contributed by atoms with Gasteiger partial charge in [-0.15, -0.1) is 6.58 Å². The molecule has 2 amide bonds. The van der Waals surface area contributed by atoms with Crippen molar-refractivity contribution in [2.75, 3.05) is 24.6 Å². The number of aliphatic hydroxyl groups is 1. The van der Waals surface area contributed by atoms with E-state index in [9.17, 15) is 19.5 Å². The van der Waals surface area contributed by atoms with Crippen LogP contribution in [0, 0.1) is 11.8 Å². The van der Waals surface area contributed by atoms with Gasteiger partial charge in [0.2, 0.25) is 5.91 Å². The fourth-order valence-corrected chi connectivity index (χ4v) is 7.57. The molecule has 3 aliphatic rings. The van der Waals surface area contributed by atoms with E-state index in [4.69, 9.17) is 9.84 Å². The van der Waals surface area contributed by atoms with E-state index in [0.29, 0.717) is 31.5 Å². The second-order valence-corrected chi connectivity index (χ2v) is 11.6. The summed E-state index contributed by atoms with van der Waals surface area (Å²) in [5.74, 6) is -3.61. The number of halogens is 1. The SMILES string of the molecule is C=CCN(C(=O)[C@@H]1N(CCCCCCO)C(=O)[C@H]2[C@H](C(=O)O)[C@H]3O[C@@]12CC3Br)c1ccc2ccccc2c1. The maximum atomic E-state index is 14.5. The van der Waals surface area contributed by atoms with Crippen LogP contribution in [0.4, 0.5) is 5.69 Å². The summed E-state index contributed by atoms with van der Waals surface area (Å²) < 4.78 is 6.39. The monoisotopic (exact) mass is 584 g/mol. The smallest absolute Gasteiger partial charge is 0.310 e. The van der Waals surface area contributed by atoms with Crippen LogP contribution in [-0.4, -0.2) is 75.2 Å². The van der Waals surface area contributed by atoms with Gasteiger partial charge in [-0.3, -0.25) is 14.4 Å². The summed E-state index contributed by atoms with van der Waals surface area (Å²) >= 11 is 3.59. The summed E-state index contributed by atoms with van der Waals surface area (Å²) in [5.41, 5.74) is -0.529. The lowest BCUT2D eigenvalue weighted by Crippen LogP contribution is -2.57. The number of unbranched alkanes of at least 4 members (excludes halogenated alkanes) is 3. The zero-order chi connectivity index (χ0) is 27.0. The molecule has 2 aromatic rings. The molecule has 9 heteroatoms. The number of carboxylic acids is 1. The highest BCUT2D eigenvalue weighted by molar-refractivity contribution is 9.09. The average molecular weight is 585 g/mol. The second kappa shape index (κ2) is 10.8. The number of carbonyl (C=O) groups excluding carboxylic acids is 2. The molecule has 38 heavy (non-hydrogen) atoms. The molecule has 3 saturated heterocycles. The normalized spacial score (nSPS) is 29.6. The van der Waals surface area contributed by atoms with E-state index in [1.807, 2.05) is 42.5 Å². The Morgan fingerprint density at radius 2 is 1.89 bits per heavy atom. The van der Waals surface area contributed by atoms with Gasteiger partial charge in [-0.2, -0.15) is 0 Å². The molecule has 0 aliphatic carbocycles. The first-order chi connectivity index (χ1) is 18.3. The third kappa shape index (κ3) is 4.34. The Balaban J connectivity index is 1.53. The Labute approximate surface area is 230 Å². The number of likely N-dealkylation sites (tertiary alicyclic amines) is 1. The van der Waals surface area contributed by atoms with Crippen molar-refractivity contribution in [2.45, 2.75) is 54.7 Å². The molecule has 1 spiro atoms. The van der Waals surface area contributed by atoms with Crippen molar-refractivity contribution in [1.82, 2.24) is 4.90 Å². The summed E-state index contributed by atoms with van der Waals surface area (Å²) in [5, 5.41) is 21.2. The highest BCUT2D eigenvalue weighted by atomic mass is 79.9. The molecule has 8 nitrogen and oxygen atoms in total. The van der Waals surface area contributed by atoms with Gasteiger partial charge in [0.25, 0.3) is 5.91 Å². The van der Waals surface area contributed by atoms with Crippen LogP contribution < -0.4 is 4.90 Å². The fraction of sp³-hybridized carbons (Fsp3) is 0.483. The Hall–Kier alpha value is -2.75. The first-order valence-electron chi connectivity index (χ1n) is 13.2. The molecule has 3 fully saturated rings. The molecule has 6 atom stereocenters. The minimum Gasteiger partial charge on any atom is -0.481 e. The number of aliphatic carboxylic acids is 1. The molecule has 1 unspecified atom stereocenters. The van der Waals surface area contributed by atoms with Crippen LogP contribution in [0.3, 0.4) is 0 Å². The van der Waals surface area contributed by atoms with Crippen LogP contribution in [0.1, 0.15) is 32.1 Å². The zero-order valence-corrected chi connectivity index (χ0v) is 22.8. The highest BCUT2D eigenvalue weighted by Crippen LogP contribution is 2.60. The second-order valence-electron chi connectivity index (χ2n) is 10.4. The van der Waals surface area contributed by atoms with Crippen molar-refractivity contribution in [3.63, 3.8) is 0 Å². The third-order valence-corrected chi connectivity index (χ3v) is 9.08. The molecular weight excluding hydrogens is 552 g/mol. The van der Waals surface area contributed by atoms with E-state index in [1.54, 1.807) is 15.9 Å². The van der Waals surface area contributed by atoms with Gasteiger partial charge >= 0.3 is 5.97 Å². The van der Waals surface area contributed by atoms with Crippen LogP contribution >= 0.6 is 15.9 Å². The number of alkyl halides is 1. The number of carboxylic acid groups (broad SMARTS) is 1. The number of rotatable bonds is 11. The minimum absolute atomic E-state index is 0.110. The number of ether oxygens (including phenoxy) is 1. The van der Waals surface area contributed by atoms with Gasteiger partial charge in [0.05, 0.1) is 17.9 Å². The van der Waals surface area contributed by atoms with Crippen LogP contribution in [0.5, 0.6) is 0 Å². The minimum atomic E-state index is -1.21. The van der Waals surface area contributed by atoms with Crippen molar-refractivity contribution in [2.24, 2.45) is 11.8 Å². The zero-order valence-electron chi connectivity index (χ0n) is 21.2. The van der Waals surface area contributed by atoms with Gasteiger partial charge in [-0.25, -0.2) is 0 Å². The number of hydrogen-bond acceptors (Lipinski definition) is 5. The summed E-state index contributed by atoms with van der Waals surface area (Å²) in [4.78, 5) is 43.6. The van der Waals surface area contributed by atoms with E-state index in [0.717, 1.165) is 23.6 Å². The van der Waals surface area contributed by atoms with Gasteiger partial charge < -0.3 is 24.7 Å². The number of carbonyl (C=O) groups is 3. The molecule has 3 aliphatic heterocycles. The Bertz CT molecular complexity index is 1250. The summed E-state index contributed by atoms with van der Waals surface area (Å²) in [6, 6.07) is 12.7. The largest absolute Gasteiger partial charge is 0.481 e. The number of fused-ring (bicyclic) bond motifs is 2. The lowest BCUT2D eigenvalue weighted by Gasteiger charge is -2.37. The van der Waals surface area contributed by atoms with E-state index in [1.165, 1.54) is 0 Å². The predicted octanol–water partition coefficient (Wildman–Crippen LogP) is 3.74. The molecule has 0 radical (unpaired) electrons. The summed E-state index contributed by atoms with van der Waals surface area (Å²) in [7, 11) is 0. The number of amides is 2. The van der Waals surface area contributed by atoms with E-state index in [2.05, 4.69) is 22.5 Å². The Morgan fingerprint density at radius 3 is 2.61 bits per heavy atom.